The molecule has 27 heavy (non-hydrogen) atoms. The molecule has 0 radical (unpaired) electrons. The summed E-state index contributed by atoms with van der Waals surface area (Å²) in [6.45, 7) is 3.19. The minimum absolute atomic E-state index is 0.172. The number of urea groups is 1. The molecule has 1 atom stereocenters. The lowest BCUT2D eigenvalue weighted by atomic mass is 10.0. The highest BCUT2D eigenvalue weighted by atomic mass is 16.5. The van der Waals surface area contributed by atoms with Gasteiger partial charge in [0, 0.05) is 6.07 Å². The highest BCUT2D eigenvalue weighted by molar-refractivity contribution is 5.95. The molecule has 0 aliphatic carbocycles. The number of hydrogen-bond donors (Lipinski definition) is 2. The van der Waals surface area contributed by atoms with Crippen molar-refractivity contribution in [3.05, 3.63) is 35.0 Å². The van der Waals surface area contributed by atoms with Crippen molar-refractivity contribution in [1.82, 2.24) is 10.6 Å². The van der Waals surface area contributed by atoms with Gasteiger partial charge in [-0.1, -0.05) is 0 Å². The van der Waals surface area contributed by atoms with Crippen LogP contribution in [0.3, 0.4) is 0 Å². The van der Waals surface area contributed by atoms with Gasteiger partial charge in [-0.15, -0.1) is 0 Å². The van der Waals surface area contributed by atoms with E-state index in [-0.39, 0.29) is 35.8 Å². The van der Waals surface area contributed by atoms with Gasteiger partial charge in [-0.3, -0.25) is 0 Å². The molecule has 0 bridgehead atoms. The van der Waals surface area contributed by atoms with Crippen LogP contribution in [0.5, 0.6) is 11.5 Å². The number of ether oxygens (including phenoxy) is 4. The molecule has 0 aromatic heterocycles. The number of carbonyl (C=O) groups excluding carboxylic acids is 3. The number of hydrogen-bond acceptors (Lipinski definition) is 7. The van der Waals surface area contributed by atoms with Crippen LogP contribution in [-0.2, 0) is 14.3 Å². The fraction of sp³-hybridized carbons (Fsp3) is 0.389. The molecule has 2 rings (SSSR count). The maximum absolute atomic E-state index is 12.4. The van der Waals surface area contributed by atoms with Gasteiger partial charge in [-0.05, 0) is 26.0 Å². The lowest BCUT2D eigenvalue weighted by Gasteiger charge is -2.26. The molecule has 1 heterocycles. The molecule has 0 saturated carbocycles. The van der Waals surface area contributed by atoms with Gasteiger partial charge in [-0.25, -0.2) is 14.4 Å². The SMILES string of the molecule is CCOC(=O)C1=C(COC(=O)c2ccc(OC)cc2OC)NC(=O)N[C@H]1C. The van der Waals surface area contributed by atoms with Gasteiger partial charge in [0.05, 0.1) is 38.1 Å². The van der Waals surface area contributed by atoms with E-state index >= 15 is 0 Å². The standard InChI is InChI=1S/C18H22N2O7/c1-5-26-17(22)15-10(2)19-18(23)20-13(15)9-27-16(21)12-7-6-11(24-3)8-14(12)25-4/h6-8,10H,5,9H2,1-4H3,(H2,19,20,23)/t10-/m0/s1. The first-order valence-corrected chi connectivity index (χ1v) is 8.28. The minimum Gasteiger partial charge on any atom is -0.497 e. The predicted octanol–water partition coefficient (Wildman–Crippen LogP) is 1.38. The molecule has 1 aromatic rings. The summed E-state index contributed by atoms with van der Waals surface area (Å²) in [5.41, 5.74) is 0.557. The van der Waals surface area contributed by atoms with Gasteiger partial charge in [0.1, 0.15) is 23.7 Å². The van der Waals surface area contributed by atoms with E-state index in [1.165, 1.54) is 20.3 Å². The fourth-order valence-electron chi connectivity index (χ4n) is 2.58. The van der Waals surface area contributed by atoms with Crippen LogP contribution in [0.2, 0.25) is 0 Å². The third-order valence-electron chi connectivity index (χ3n) is 3.84. The van der Waals surface area contributed by atoms with Gasteiger partial charge in [0.25, 0.3) is 0 Å². The number of nitrogens with one attached hydrogen (secondary N) is 2. The van der Waals surface area contributed by atoms with E-state index in [2.05, 4.69) is 10.6 Å². The molecular weight excluding hydrogens is 356 g/mol. The summed E-state index contributed by atoms with van der Waals surface area (Å²) < 4.78 is 20.5. The monoisotopic (exact) mass is 378 g/mol. The van der Waals surface area contributed by atoms with Crippen molar-refractivity contribution < 1.29 is 33.3 Å². The van der Waals surface area contributed by atoms with Crippen LogP contribution < -0.4 is 20.1 Å². The molecule has 1 aliphatic heterocycles. The Morgan fingerprint density at radius 2 is 1.85 bits per heavy atom. The lowest BCUT2D eigenvalue weighted by Crippen LogP contribution is -2.50. The van der Waals surface area contributed by atoms with E-state index in [1.807, 2.05) is 0 Å². The van der Waals surface area contributed by atoms with Crippen LogP contribution in [0.4, 0.5) is 4.79 Å². The summed E-state index contributed by atoms with van der Waals surface area (Å²) in [4.78, 5) is 36.3. The Morgan fingerprint density at radius 3 is 2.48 bits per heavy atom. The molecule has 9 heteroatoms. The molecule has 0 saturated heterocycles. The van der Waals surface area contributed by atoms with Crippen LogP contribution in [0, 0.1) is 0 Å². The highest BCUT2D eigenvalue weighted by Crippen LogP contribution is 2.25. The van der Waals surface area contributed by atoms with Gasteiger partial charge < -0.3 is 29.6 Å². The van der Waals surface area contributed by atoms with Crippen LogP contribution in [-0.4, -0.2) is 51.4 Å². The number of esters is 2. The molecule has 0 spiro atoms. The van der Waals surface area contributed by atoms with E-state index in [4.69, 9.17) is 18.9 Å². The van der Waals surface area contributed by atoms with Crippen LogP contribution in [0.15, 0.2) is 29.5 Å². The van der Waals surface area contributed by atoms with Gasteiger partial charge >= 0.3 is 18.0 Å². The number of methoxy groups -OCH3 is 2. The topological polar surface area (TPSA) is 112 Å². The largest absolute Gasteiger partial charge is 0.497 e. The maximum Gasteiger partial charge on any atom is 0.342 e. The molecule has 1 aliphatic rings. The first-order chi connectivity index (χ1) is 12.9. The van der Waals surface area contributed by atoms with Crippen molar-refractivity contribution in [3.8, 4) is 11.5 Å². The summed E-state index contributed by atoms with van der Waals surface area (Å²) in [6, 6.07) is 3.57. The summed E-state index contributed by atoms with van der Waals surface area (Å²) in [7, 11) is 2.92. The summed E-state index contributed by atoms with van der Waals surface area (Å²) >= 11 is 0. The quantitative estimate of drug-likeness (QED) is 0.689. The third-order valence-corrected chi connectivity index (χ3v) is 3.84. The van der Waals surface area contributed by atoms with Crippen LogP contribution >= 0.6 is 0 Å². The van der Waals surface area contributed by atoms with Crippen molar-refractivity contribution in [2.24, 2.45) is 0 Å². The Kier molecular flexibility index (Phi) is 6.64. The highest BCUT2D eigenvalue weighted by Gasteiger charge is 2.30. The molecule has 9 nitrogen and oxygen atoms in total. The van der Waals surface area contributed by atoms with Crippen molar-refractivity contribution in [2.75, 3.05) is 27.4 Å². The van der Waals surface area contributed by atoms with Crippen molar-refractivity contribution >= 4 is 18.0 Å². The van der Waals surface area contributed by atoms with E-state index in [0.29, 0.717) is 5.75 Å². The smallest absolute Gasteiger partial charge is 0.342 e. The lowest BCUT2D eigenvalue weighted by molar-refractivity contribution is -0.139. The summed E-state index contributed by atoms with van der Waals surface area (Å²) in [5, 5.41) is 5.06. The number of benzene rings is 1. The fourth-order valence-corrected chi connectivity index (χ4v) is 2.58. The van der Waals surface area contributed by atoms with Crippen molar-refractivity contribution in [3.63, 3.8) is 0 Å². The molecule has 146 valence electrons. The zero-order chi connectivity index (χ0) is 20.0. The van der Waals surface area contributed by atoms with Crippen LogP contribution in [0.25, 0.3) is 0 Å². The van der Waals surface area contributed by atoms with E-state index < -0.39 is 24.0 Å². The predicted molar refractivity (Wildman–Crippen MR) is 94.6 cm³/mol. The summed E-state index contributed by atoms with van der Waals surface area (Å²) in [5.74, 6) is -0.465. The Labute approximate surface area is 156 Å². The van der Waals surface area contributed by atoms with Crippen molar-refractivity contribution in [2.45, 2.75) is 19.9 Å². The van der Waals surface area contributed by atoms with Crippen LogP contribution in [0.1, 0.15) is 24.2 Å². The average Bonchev–Trinajstić information content (AvgIpc) is 2.65. The Hall–Kier alpha value is -3.23. The second-order valence-electron chi connectivity index (χ2n) is 5.58. The van der Waals surface area contributed by atoms with E-state index in [9.17, 15) is 14.4 Å². The molecular formula is C18H22N2O7. The second-order valence-corrected chi connectivity index (χ2v) is 5.58. The minimum atomic E-state index is -0.675. The van der Waals surface area contributed by atoms with Gasteiger partial charge in [0.15, 0.2) is 0 Å². The first-order valence-electron chi connectivity index (χ1n) is 8.28. The number of amides is 2. The third kappa shape index (κ3) is 4.69. The molecule has 1 aromatic carbocycles. The normalized spacial score (nSPS) is 16.1. The number of carbonyl (C=O) groups is 3. The Balaban J connectivity index is 2.21. The van der Waals surface area contributed by atoms with Gasteiger partial charge in [-0.2, -0.15) is 0 Å². The van der Waals surface area contributed by atoms with E-state index in [0.717, 1.165) is 0 Å². The summed E-state index contributed by atoms with van der Waals surface area (Å²) in [6.07, 6.45) is 0. The molecule has 2 N–H and O–H groups in total. The zero-order valence-corrected chi connectivity index (χ0v) is 15.6. The van der Waals surface area contributed by atoms with Gasteiger partial charge in [0.2, 0.25) is 0 Å². The van der Waals surface area contributed by atoms with E-state index in [1.54, 1.807) is 26.0 Å². The first kappa shape index (κ1) is 20.1. The van der Waals surface area contributed by atoms with Crippen molar-refractivity contribution in [1.29, 1.82) is 0 Å². The Morgan fingerprint density at radius 1 is 1.11 bits per heavy atom. The molecule has 0 unspecified atom stereocenters. The molecule has 2 amide bonds. The maximum atomic E-state index is 12.4. The molecule has 0 fully saturated rings. The Bertz CT molecular complexity index is 773. The zero-order valence-electron chi connectivity index (χ0n) is 15.6. The number of rotatable bonds is 7. The second kappa shape index (κ2) is 8.93. The average molecular weight is 378 g/mol.